The molecule has 3 N–H and O–H groups in total. The summed E-state index contributed by atoms with van der Waals surface area (Å²) in [6, 6.07) is 0. The summed E-state index contributed by atoms with van der Waals surface area (Å²) < 4.78 is 54.1. The van der Waals surface area contributed by atoms with Gasteiger partial charge in [-0.2, -0.15) is 8.78 Å². The summed E-state index contributed by atoms with van der Waals surface area (Å²) >= 11 is 0. The van der Waals surface area contributed by atoms with Crippen molar-refractivity contribution in [3.8, 4) is 11.5 Å². The van der Waals surface area contributed by atoms with E-state index in [-0.39, 0.29) is 51.4 Å². The SMILES string of the molecule is OB(O)Oc1c(O)c(F)c(F)c(F)c1F.[KH]. The van der Waals surface area contributed by atoms with E-state index in [1.165, 1.54) is 0 Å². The minimum atomic E-state index is -2.62. The molecule has 1 aromatic carbocycles. The summed E-state index contributed by atoms with van der Waals surface area (Å²) in [5, 5.41) is 25.2. The fourth-order valence-corrected chi connectivity index (χ4v) is 0.813. The zero-order valence-electron chi connectivity index (χ0n) is 6.84. The molecule has 0 spiro atoms. The van der Waals surface area contributed by atoms with Crippen LogP contribution in [0.1, 0.15) is 0 Å². The third-order valence-electron chi connectivity index (χ3n) is 1.42. The van der Waals surface area contributed by atoms with Crippen molar-refractivity contribution < 1.29 is 37.4 Å². The van der Waals surface area contributed by atoms with Gasteiger partial charge in [0.25, 0.3) is 0 Å². The molecule has 0 heterocycles. The Hall–Kier alpha value is 0.161. The normalized spacial score (nSPS) is 9.62. The average Bonchev–Trinajstić information content (AvgIpc) is 2.18. The number of halogens is 4. The molecular formula is C6H4BF4KO4. The minimum absolute atomic E-state index is 0. The van der Waals surface area contributed by atoms with Crippen molar-refractivity contribution in [1.29, 1.82) is 0 Å². The van der Waals surface area contributed by atoms with Gasteiger partial charge in [0.15, 0.2) is 11.5 Å². The van der Waals surface area contributed by atoms with Gasteiger partial charge < -0.3 is 19.8 Å². The molecule has 0 aromatic heterocycles. The van der Waals surface area contributed by atoms with Crippen LogP contribution >= 0.6 is 0 Å². The van der Waals surface area contributed by atoms with Crippen LogP contribution in [0.25, 0.3) is 0 Å². The molecule has 0 aliphatic rings. The monoisotopic (exact) mass is 266 g/mol. The molecule has 1 rings (SSSR count). The first kappa shape index (κ1) is 16.2. The van der Waals surface area contributed by atoms with E-state index in [4.69, 9.17) is 15.2 Å². The van der Waals surface area contributed by atoms with Crippen molar-refractivity contribution in [2.24, 2.45) is 0 Å². The number of phenols is 1. The fraction of sp³-hybridized carbons (Fsp3) is 0. The molecule has 84 valence electrons. The molecular weight excluding hydrogens is 262 g/mol. The second-order valence-corrected chi connectivity index (χ2v) is 2.38. The summed E-state index contributed by atoms with van der Waals surface area (Å²) in [7, 11) is -2.62. The van der Waals surface area contributed by atoms with Gasteiger partial charge in [-0.05, 0) is 0 Å². The first-order valence-electron chi connectivity index (χ1n) is 3.44. The number of aromatic hydroxyl groups is 1. The van der Waals surface area contributed by atoms with Gasteiger partial charge in [0, 0.05) is 0 Å². The summed E-state index contributed by atoms with van der Waals surface area (Å²) in [5.74, 6) is -11.9. The Labute approximate surface area is 129 Å². The second kappa shape index (κ2) is 6.19. The van der Waals surface area contributed by atoms with Crippen LogP contribution in [0, 0.1) is 23.3 Å². The van der Waals surface area contributed by atoms with Gasteiger partial charge in [-0.1, -0.05) is 0 Å². The summed E-state index contributed by atoms with van der Waals surface area (Å²) in [5.41, 5.74) is 0. The average molecular weight is 266 g/mol. The van der Waals surface area contributed by atoms with Crippen molar-refractivity contribution in [3.05, 3.63) is 23.3 Å². The van der Waals surface area contributed by atoms with E-state index in [0.29, 0.717) is 0 Å². The topological polar surface area (TPSA) is 69.9 Å². The second-order valence-electron chi connectivity index (χ2n) is 2.38. The van der Waals surface area contributed by atoms with Crippen molar-refractivity contribution in [3.63, 3.8) is 0 Å². The maximum absolute atomic E-state index is 12.8. The Bertz CT molecular complexity index is 374. The van der Waals surface area contributed by atoms with Gasteiger partial charge in [-0.15, -0.1) is 0 Å². The molecule has 0 saturated carbocycles. The summed E-state index contributed by atoms with van der Waals surface area (Å²) in [6.07, 6.45) is 0. The molecule has 4 nitrogen and oxygen atoms in total. The quantitative estimate of drug-likeness (QED) is 0.296. The Morgan fingerprint density at radius 1 is 0.875 bits per heavy atom. The molecule has 0 radical (unpaired) electrons. The number of benzene rings is 1. The molecule has 1 aromatic rings. The predicted molar refractivity (Wildman–Crippen MR) is 45.9 cm³/mol. The summed E-state index contributed by atoms with van der Waals surface area (Å²) in [6.45, 7) is 0. The van der Waals surface area contributed by atoms with Gasteiger partial charge in [0.1, 0.15) is 0 Å². The Morgan fingerprint density at radius 3 is 1.75 bits per heavy atom. The van der Waals surface area contributed by atoms with Crippen LogP contribution in [0.3, 0.4) is 0 Å². The van der Waals surface area contributed by atoms with Crippen LogP contribution in [-0.2, 0) is 0 Å². The number of hydrogen-bond acceptors (Lipinski definition) is 4. The molecule has 16 heavy (non-hydrogen) atoms. The van der Waals surface area contributed by atoms with E-state index < -0.39 is 42.1 Å². The van der Waals surface area contributed by atoms with Crippen molar-refractivity contribution in [2.45, 2.75) is 0 Å². The third kappa shape index (κ3) is 3.09. The van der Waals surface area contributed by atoms with Crippen LogP contribution in [0.4, 0.5) is 17.6 Å². The van der Waals surface area contributed by atoms with Gasteiger partial charge in [-0.3, -0.25) is 0 Å². The van der Waals surface area contributed by atoms with Crippen LogP contribution in [0.15, 0.2) is 0 Å². The molecule has 0 unspecified atom stereocenters. The van der Waals surface area contributed by atoms with Crippen molar-refractivity contribution in [2.75, 3.05) is 0 Å². The summed E-state index contributed by atoms with van der Waals surface area (Å²) in [4.78, 5) is 0. The van der Waals surface area contributed by atoms with Gasteiger partial charge in [0.2, 0.25) is 23.3 Å². The van der Waals surface area contributed by atoms with E-state index >= 15 is 0 Å². The van der Waals surface area contributed by atoms with Gasteiger partial charge in [0.05, 0.1) is 0 Å². The Kier molecular flexibility index (Phi) is 6.25. The molecule has 10 heteroatoms. The fourth-order valence-electron chi connectivity index (χ4n) is 0.813. The van der Waals surface area contributed by atoms with Gasteiger partial charge >= 0.3 is 58.7 Å². The Morgan fingerprint density at radius 2 is 1.31 bits per heavy atom. The van der Waals surface area contributed by atoms with Crippen LogP contribution in [0.2, 0.25) is 0 Å². The number of phenolic OH excluding ortho intramolecular Hbond substituents is 1. The van der Waals surface area contributed by atoms with Crippen molar-refractivity contribution >= 4 is 58.7 Å². The molecule has 0 aliphatic heterocycles. The van der Waals surface area contributed by atoms with E-state index in [1.54, 1.807) is 0 Å². The van der Waals surface area contributed by atoms with E-state index in [0.717, 1.165) is 0 Å². The molecule has 0 bridgehead atoms. The number of hydrogen-bond donors (Lipinski definition) is 3. The molecule has 0 amide bonds. The van der Waals surface area contributed by atoms with E-state index in [2.05, 4.69) is 4.65 Å². The standard InChI is InChI=1S/C6H3BF4O4.K.H/c8-1-2(9)4(11)6(15-7(13)14)5(12)3(1)10;;/h12-14H;;. The molecule has 0 saturated heterocycles. The Balaban J connectivity index is 0.00000225. The van der Waals surface area contributed by atoms with E-state index in [1.807, 2.05) is 0 Å². The predicted octanol–water partition coefficient (Wildman–Crippen LogP) is -0.352. The van der Waals surface area contributed by atoms with E-state index in [9.17, 15) is 17.6 Å². The zero-order valence-corrected chi connectivity index (χ0v) is 6.84. The third-order valence-corrected chi connectivity index (χ3v) is 1.42. The molecule has 0 fully saturated rings. The van der Waals surface area contributed by atoms with Crippen molar-refractivity contribution in [1.82, 2.24) is 0 Å². The molecule has 0 aliphatic carbocycles. The van der Waals surface area contributed by atoms with Crippen LogP contribution in [-0.4, -0.2) is 73.9 Å². The first-order valence-corrected chi connectivity index (χ1v) is 3.44. The van der Waals surface area contributed by atoms with Gasteiger partial charge in [-0.25, -0.2) is 8.78 Å². The molecule has 0 atom stereocenters. The van der Waals surface area contributed by atoms with Crippen LogP contribution in [0.5, 0.6) is 11.5 Å². The maximum atomic E-state index is 12.8. The zero-order chi connectivity index (χ0) is 11.7. The van der Waals surface area contributed by atoms with Crippen LogP contribution < -0.4 is 4.65 Å². The first-order chi connectivity index (χ1) is 6.86. The number of rotatable bonds is 2.